The number of benzene rings is 2. The molecule has 1 saturated carbocycles. The van der Waals surface area contributed by atoms with E-state index in [9.17, 15) is 4.79 Å². The van der Waals surface area contributed by atoms with Gasteiger partial charge in [-0.15, -0.1) is 0 Å². The summed E-state index contributed by atoms with van der Waals surface area (Å²) in [5.41, 5.74) is 2.48. The molecular weight excluding hydrogens is 274 g/mol. The molecule has 0 spiro atoms. The number of methoxy groups -OCH3 is 1. The lowest BCUT2D eigenvalue weighted by atomic mass is 10.1. The van der Waals surface area contributed by atoms with E-state index in [1.54, 1.807) is 7.11 Å². The molecular formula is C19H21NO2. The van der Waals surface area contributed by atoms with E-state index in [2.05, 4.69) is 17.4 Å². The van der Waals surface area contributed by atoms with Gasteiger partial charge in [0.1, 0.15) is 5.75 Å². The number of carbonyl (C=O) groups excluding carboxylic acids is 1. The zero-order chi connectivity index (χ0) is 15.4. The summed E-state index contributed by atoms with van der Waals surface area (Å²) >= 11 is 0. The number of rotatable bonds is 6. The van der Waals surface area contributed by atoms with Crippen LogP contribution in [0.25, 0.3) is 0 Å². The minimum atomic E-state index is 0.151. The summed E-state index contributed by atoms with van der Waals surface area (Å²) in [4.78, 5) is 12.1. The Hall–Kier alpha value is -2.29. The molecule has 3 nitrogen and oxygen atoms in total. The molecule has 1 aliphatic carbocycles. The summed E-state index contributed by atoms with van der Waals surface area (Å²) in [6.45, 7) is 0.684. The average Bonchev–Trinajstić information content (AvgIpc) is 3.37. The zero-order valence-corrected chi connectivity index (χ0v) is 12.8. The second-order valence-corrected chi connectivity index (χ2v) is 5.75. The maximum Gasteiger partial charge on any atom is 0.223 e. The van der Waals surface area contributed by atoms with Gasteiger partial charge < -0.3 is 10.1 Å². The molecule has 0 unspecified atom stereocenters. The van der Waals surface area contributed by atoms with Crippen LogP contribution in [0.5, 0.6) is 5.75 Å². The summed E-state index contributed by atoms with van der Waals surface area (Å²) < 4.78 is 5.14. The minimum Gasteiger partial charge on any atom is -0.497 e. The van der Waals surface area contributed by atoms with Crippen molar-refractivity contribution in [2.45, 2.75) is 18.8 Å². The summed E-state index contributed by atoms with van der Waals surface area (Å²) in [5, 5.41) is 3.05. The van der Waals surface area contributed by atoms with Crippen LogP contribution < -0.4 is 10.1 Å². The molecule has 114 valence electrons. The highest BCUT2D eigenvalue weighted by molar-refractivity contribution is 5.82. The predicted octanol–water partition coefficient (Wildman–Crippen LogP) is 3.16. The monoisotopic (exact) mass is 295 g/mol. The summed E-state index contributed by atoms with van der Waals surface area (Å²) in [6.07, 6.45) is 1.82. The van der Waals surface area contributed by atoms with Crippen molar-refractivity contribution >= 4 is 5.91 Å². The van der Waals surface area contributed by atoms with Crippen LogP contribution in [0.15, 0.2) is 54.6 Å². The quantitative estimate of drug-likeness (QED) is 0.889. The largest absolute Gasteiger partial charge is 0.497 e. The van der Waals surface area contributed by atoms with Gasteiger partial charge in [-0.3, -0.25) is 4.79 Å². The van der Waals surface area contributed by atoms with Crippen molar-refractivity contribution in [3.8, 4) is 5.75 Å². The van der Waals surface area contributed by atoms with Gasteiger partial charge in [-0.05, 0) is 42.0 Å². The molecule has 0 aliphatic heterocycles. The first-order chi connectivity index (χ1) is 10.8. The van der Waals surface area contributed by atoms with Gasteiger partial charge in [0, 0.05) is 12.5 Å². The SMILES string of the molecule is COc1ccc(CCNC(=O)[C@@H]2C[C@H]2c2ccccc2)cc1. The Kier molecular flexibility index (Phi) is 4.42. The summed E-state index contributed by atoms with van der Waals surface area (Å²) in [5.74, 6) is 1.60. The fourth-order valence-electron chi connectivity index (χ4n) is 2.81. The fourth-order valence-corrected chi connectivity index (χ4v) is 2.81. The third-order valence-corrected chi connectivity index (χ3v) is 4.23. The van der Waals surface area contributed by atoms with Gasteiger partial charge in [0.05, 0.1) is 7.11 Å². The molecule has 0 radical (unpaired) electrons. The van der Waals surface area contributed by atoms with Crippen molar-refractivity contribution in [2.24, 2.45) is 5.92 Å². The van der Waals surface area contributed by atoms with E-state index in [1.807, 2.05) is 42.5 Å². The molecule has 0 saturated heterocycles. The van der Waals surface area contributed by atoms with Crippen molar-refractivity contribution in [3.05, 3.63) is 65.7 Å². The molecule has 22 heavy (non-hydrogen) atoms. The highest BCUT2D eigenvalue weighted by Gasteiger charge is 2.43. The van der Waals surface area contributed by atoms with Gasteiger partial charge in [-0.1, -0.05) is 42.5 Å². The van der Waals surface area contributed by atoms with Gasteiger partial charge in [0.2, 0.25) is 5.91 Å². The highest BCUT2D eigenvalue weighted by atomic mass is 16.5. The number of amides is 1. The Morgan fingerprint density at radius 3 is 2.55 bits per heavy atom. The van der Waals surface area contributed by atoms with Crippen molar-refractivity contribution in [2.75, 3.05) is 13.7 Å². The summed E-state index contributed by atoms with van der Waals surface area (Å²) in [6, 6.07) is 18.3. The molecule has 0 heterocycles. The van der Waals surface area contributed by atoms with Crippen LogP contribution in [0.2, 0.25) is 0 Å². The van der Waals surface area contributed by atoms with Crippen LogP contribution in [0.1, 0.15) is 23.5 Å². The molecule has 1 fully saturated rings. The van der Waals surface area contributed by atoms with Gasteiger partial charge in [0.15, 0.2) is 0 Å². The molecule has 0 bridgehead atoms. The number of hydrogen-bond donors (Lipinski definition) is 1. The van der Waals surface area contributed by atoms with Crippen molar-refractivity contribution in [1.82, 2.24) is 5.32 Å². The average molecular weight is 295 g/mol. The molecule has 3 rings (SSSR count). The molecule has 1 N–H and O–H groups in total. The fraction of sp³-hybridized carbons (Fsp3) is 0.316. The third-order valence-electron chi connectivity index (χ3n) is 4.23. The van der Waals surface area contributed by atoms with Crippen LogP contribution >= 0.6 is 0 Å². The summed E-state index contributed by atoms with van der Waals surface area (Å²) in [7, 11) is 1.66. The van der Waals surface area contributed by atoms with E-state index < -0.39 is 0 Å². The Balaban J connectivity index is 1.43. The van der Waals surface area contributed by atoms with E-state index >= 15 is 0 Å². The lowest BCUT2D eigenvalue weighted by Crippen LogP contribution is -2.27. The first-order valence-electron chi connectivity index (χ1n) is 7.73. The minimum absolute atomic E-state index is 0.151. The molecule has 1 aliphatic rings. The van der Waals surface area contributed by atoms with Crippen molar-refractivity contribution < 1.29 is 9.53 Å². The van der Waals surface area contributed by atoms with Gasteiger partial charge in [0.25, 0.3) is 0 Å². The molecule has 1 amide bonds. The van der Waals surface area contributed by atoms with Crippen LogP contribution in [-0.2, 0) is 11.2 Å². The van der Waals surface area contributed by atoms with E-state index in [1.165, 1.54) is 11.1 Å². The van der Waals surface area contributed by atoms with Crippen molar-refractivity contribution in [1.29, 1.82) is 0 Å². The van der Waals surface area contributed by atoms with Gasteiger partial charge in [-0.25, -0.2) is 0 Å². The third kappa shape index (κ3) is 3.48. The van der Waals surface area contributed by atoms with Gasteiger partial charge in [-0.2, -0.15) is 0 Å². The first kappa shape index (κ1) is 14.6. The number of ether oxygens (including phenoxy) is 1. The molecule has 2 aromatic carbocycles. The van der Waals surface area contributed by atoms with Crippen LogP contribution in [0.4, 0.5) is 0 Å². The number of nitrogens with one attached hydrogen (secondary N) is 1. The maximum atomic E-state index is 12.1. The Morgan fingerprint density at radius 2 is 1.86 bits per heavy atom. The molecule has 3 heteroatoms. The van der Waals surface area contributed by atoms with Crippen LogP contribution in [-0.4, -0.2) is 19.6 Å². The second-order valence-electron chi connectivity index (χ2n) is 5.75. The van der Waals surface area contributed by atoms with E-state index in [0.717, 1.165) is 18.6 Å². The first-order valence-corrected chi connectivity index (χ1v) is 7.73. The smallest absolute Gasteiger partial charge is 0.223 e. The highest BCUT2D eigenvalue weighted by Crippen LogP contribution is 2.47. The lowest BCUT2D eigenvalue weighted by Gasteiger charge is -2.06. The standard InChI is InChI=1S/C19H21NO2/c1-22-16-9-7-14(8-10-16)11-12-20-19(21)18-13-17(18)15-5-3-2-4-6-15/h2-10,17-18H,11-13H2,1H3,(H,20,21)/t17-,18+/m0/s1. The normalized spacial score (nSPS) is 19.5. The zero-order valence-electron chi connectivity index (χ0n) is 12.8. The number of carbonyl (C=O) groups is 1. The lowest BCUT2D eigenvalue weighted by molar-refractivity contribution is -0.122. The van der Waals surface area contributed by atoms with Crippen LogP contribution in [0.3, 0.4) is 0 Å². The van der Waals surface area contributed by atoms with Crippen LogP contribution in [0, 0.1) is 5.92 Å². The van der Waals surface area contributed by atoms with E-state index in [-0.39, 0.29) is 11.8 Å². The van der Waals surface area contributed by atoms with Crippen molar-refractivity contribution in [3.63, 3.8) is 0 Å². The Morgan fingerprint density at radius 1 is 1.14 bits per heavy atom. The maximum absolute atomic E-state index is 12.1. The predicted molar refractivity (Wildman–Crippen MR) is 87.0 cm³/mol. The topological polar surface area (TPSA) is 38.3 Å². The number of hydrogen-bond acceptors (Lipinski definition) is 2. The van der Waals surface area contributed by atoms with Gasteiger partial charge >= 0.3 is 0 Å². The molecule has 2 aromatic rings. The second kappa shape index (κ2) is 6.65. The Bertz CT molecular complexity index is 622. The Labute approximate surface area is 131 Å². The molecule has 2 atom stereocenters. The van der Waals surface area contributed by atoms with E-state index in [4.69, 9.17) is 4.74 Å². The van der Waals surface area contributed by atoms with E-state index in [0.29, 0.717) is 12.5 Å². The molecule has 0 aromatic heterocycles.